The fourth-order valence-electron chi connectivity index (χ4n) is 3.34. The molecule has 30 heavy (non-hydrogen) atoms. The average Bonchev–Trinajstić information content (AvgIpc) is 2.71. The number of rotatable bonds is 9. The molecule has 0 bridgehead atoms. The molecule has 2 aromatic rings. The standard InChI is InChI=1S/C24H32N4O2/c1-2-25-24(26-15-14-22(29)19-9-4-3-5-10-19)27-17-18-8-6-13-21(16-18)28-23(30)20-11-7-12-20/h3-6,8-10,13,16,20,22,29H,2,7,11-12,14-15,17H2,1H3,(H,28,30)(H2,25,26,27). The van der Waals surface area contributed by atoms with Crippen LogP contribution in [0.4, 0.5) is 5.69 Å². The molecule has 2 aromatic carbocycles. The summed E-state index contributed by atoms with van der Waals surface area (Å²) in [7, 11) is 0. The maximum Gasteiger partial charge on any atom is 0.227 e. The van der Waals surface area contributed by atoms with Crippen molar-refractivity contribution in [2.45, 2.75) is 45.3 Å². The fourth-order valence-corrected chi connectivity index (χ4v) is 3.34. The SMILES string of the molecule is CCNC(=NCc1cccc(NC(=O)C2CCC2)c1)NCCC(O)c1ccccc1. The third-order valence-electron chi connectivity index (χ3n) is 5.33. The number of carbonyl (C=O) groups excluding carboxylic acids is 1. The Balaban J connectivity index is 1.51. The first-order chi connectivity index (χ1) is 14.7. The Labute approximate surface area is 178 Å². The smallest absolute Gasteiger partial charge is 0.227 e. The number of anilines is 1. The van der Waals surface area contributed by atoms with Crippen molar-refractivity contribution in [2.75, 3.05) is 18.4 Å². The summed E-state index contributed by atoms with van der Waals surface area (Å²) in [6.07, 6.45) is 3.23. The first-order valence-corrected chi connectivity index (χ1v) is 10.8. The minimum Gasteiger partial charge on any atom is -0.388 e. The van der Waals surface area contributed by atoms with Gasteiger partial charge in [-0.25, -0.2) is 4.99 Å². The number of aliphatic imine (C=N–C) groups is 1. The molecule has 0 aromatic heterocycles. The van der Waals surface area contributed by atoms with Gasteiger partial charge < -0.3 is 21.1 Å². The van der Waals surface area contributed by atoms with Gasteiger partial charge in [0.15, 0.2) is 5.96 Å². The van der Waals surface area contributed by atoms with Crippen LogP contribution in [-0.2, 0) is 11.3 Å². The molecule has 1 saturated carbocycles. The summed E-state index contributed by atoms with van der Waals surface area (Å²) in [5.74, 6) is 0.998. The third kappa shape index (κ3) is 6.59. The zero-order chi connectivity index (χ0) is 21.2. The van der Waals surface area contributed by atoms with Crippen LogP contribution in [0.15, 0.2) is 59.6 Å². The lowest BCUT2D eigenvalue weighted by Gasteiger charge is -2.24. The number of amides is 1. The van der Waals surface area contributed by atoms with Crippen LogP contribution in [0.5, 0.6) is 0 Å². The highest BCUT2D eigenvalue weighted by Crippen LogP contribution is 2.27. The Kier molecular flexibility index (Phi) is 8.27. The maximum atomic E-state index is 12.2. The Hall–Kier alpha value is -2.86. The summed E-state index contributed by atoms with van der Waals surface area (Å²) in [6.45, 7) is 3.89. The molecular weight excluding hydrogens is 376 g/mol. The van der Waals surface area contributed by atoms with Crippen molar-refractivity contribution in [3.05, 3.63) is 65.7 Å². The summed E-state index contributed by atoms with van der Waals surface area (Å²) >= 11 is 0. The van der Waals surface area contributed by atoms with Crippen molar-refractivity contribution in [1.82, 2.24) is 10.6 Å². The second-order valence-electron chi connectivity index (χ2n) is 7.65. The molecule has 4 N–H and O–H groups in total. The summed E-state index contributed by atoms with van der Waals surface area (Å²) in [5, 5.41) is 19.8. The molecule has 0 radical (unpaired) electrons. The van der Waals surface area contributed by atoms with E-state index in [1.165, 1.54) is 0 Å². The van der Waals surface area contributed by atoms with Gasteiger partial charge in [0.05, 0.1) is 12.6 Å². The van der Waals surface area contributed by atoms with Gasteiger partial charge in [-0.2, -0.15) is 0 Å². The number of aliphatic hydroxyl groups excluding tert-OH is 1. The van der Waals surface area contributed by atoms with Crippen LogP contribution in [0, 0.1) is 5.92 Å². The summed E-state index contributed by atoms with van der Waals surface area (Å²) in [6, 6.07) is 17.5. The second-order valence-corrected chi connectivity index (χ2v) is 7.65. The van der Waals surface area contributed by atoms with E-state index in [2.05, 4.69) is 20.9 Å². The van der Waals surface area contributed by atoms with E-state index in [1.807, 2.05) is 61.5 Å². The largest absolute Gasteiger partial charge is 0.388 e. The van der Waals surface area contributed by atoms with E-state index < -0.39 is 6.10 Å². The van der Waals surface area contributed by atoms with Crippen LogP contribution in [0.25, 0.3) is 0 Å². The van der Waals surface area contributed by atoms with E-state index in [0.717, 1.165) is 42.6 Å². The van der Waals surface area contributed by atoms with Crippen molar-refractivity contribution in [2.24, 2.45) is 10.9 Å². The number of nitrogens with zero attached hydrogens (tertiary/aromatic N) is 1. The number of hydrogen-bond acceptors (Lipinski definition) is 3. The molecule has 1 unspecified atom stereocenters. The molecule has 1 fully saturated rings. The van der Waals surface area contributed by atoms with Gasteiger partial charge in [0.1, 0.15) is 0 Å². The molecule has 0 spiro atoms. The van der Waals surface area contributed by atoms with E-state index in [1.54, 1.807) is 0 Å². The molecule has 3 rings (SSSR count). The molecule has 0 aliphatic heterocycles. The summed E-state index contributed by atoms with van der Waals surface area (Å²) in [5.41, 5.74) is 2.77. The third-order valence-corrected chi connectivity index (χ3v) is 5.33. The number of nitrogens with one attached hydrogen (secondary N) is 3. The molecule has 1 aliphatic carbocycles. The van der Waals surface area contributed by atoms with Crippen molar-refractivity contribution < 1.29 is 9.90 Å². The van der Waals surface area contributed by atoms with Crippen LogP contribution >= 0.6 is 0 Å². The van der Waals surface area contributed by atoms with E-state index in [9.17, 15) is 9.90 Å². The highest BCUT2D eigenvalue weighted by molar-refractivity contribution is 5.93. The Morgan fingerprint density at radius 3 is 2.63 bits per heavy atom. The zero-order valence-electron chi connectivity index (χ0n) is 17.6. The number of guanidine groups is 1. The van der Waals surface area contributed by atoms with Crippen molar-refractivity contribution in [3.8, 4) is 0 Å². The Bertz CT molecular complexity index is 834. The van der Waals surface area contributed by atoms with Crippen LogP contribution < -0.4 is 16.0 Å². The minimum atomic E-state index is -0.502. The minimum absolute atomic E-state index is 0.119. The first-order valence-electron chi connectivity index (χ1n) is 10.8. The monoisotopic (exact) mass is 408 g/mol. The topological polar surface area (TPSA) is 85.8 Å². The van der Waals surface area contributed by atoms with Crippen molar-refractivity contribution >= 4 is 17.6 Å². The Morgan fingerprint density at radius 1 is 1.13 bits per heavy atom. The second kappa shape index (κ2) is 11.4. The highest BCUT2D eigenvalue weighted by Gasteiger charge is 2.25. The van der Waals surface area contributed by atoms with Gasteiger partial charge in [-0.05, 0) is 49.4 Å². The highest BCUT2D eigenvalue weighted by atomic mass is 16.3. The molecule has 1 amide bonds. The summed E-state index contributed by atoms with van der Waals surface area (Å²) < 4.78 is 0. The maximum absolute atomic E-state index is 12.2. The molecule has 160 valence electrons. The van der Waals surface area contributed by atoms with E-state index in [4.69, 9.17) is 0 Å². The van der Waals surface area contributed by atoms with Gasteiger partial charge in [-0.15, -0.1) is 0 Å². The zero-order valence-corrected chi connectivity index (χ0v) is 17.6. The predicted molar refractivity (Wildman–Crippen MR) is 121 cm³/mol. The van der Waals surface area contributed by atoms with Gasteiger partial charge in [0.25, 0.3) is 0 Å². The molecule has 0 heterocycles. The van der Waals surface area contributed by atoms with Crippen LogP contribution in [-0.4, -0.2) is 30.1 Å². The van der Waals surface area contributed by atoms with Gasteiger partial charge in [-0.1, -0.05) is 48.9 Å². The van der Waals surface area contributed by atoms with Gasteiger partial charge in [0, 0.05) is 24.7 Å². The Morgan fingerprint density at radius 2 is 1.93 bits per heavy atom. The molecular formula is C24H32N4O2. The molecule has 1 aliphatic rings. The molecule has 6 nitrogen and oxygen atoms in total. The lowest BCUT2D eigenvalue weighted by molar-refractivity contribution is -0.122. The van der Waals surface area contributed by atoms with Crippen molar-refractivity contribution in [1.29, 1.82) is 0 Å². The number of benzene rings is 2. The van der Waals surface area contributed by atoms with Crippen LogP contribution in [0.2, 0.25) is 0 Å². The predicted octanol–water partition coefficient (Wildman–Crippen LogP) is 3.60. The van der Waals surface area contributed by atoms with E-state index >= 15 is 0 Å². The number of aliphatic hydroxyl groups is 1. The van der Waals surface area contributed by atoms with E-state index in [0.29, 0.717) is 25.5 Å². The molecule has 0 saturated heterocycles. The molecule has 6 heteroatoms. The quantitative estimate of drug-likeness (QED) is 0.377. The van der Waals surface area contributed by atoms with Crippen LogP contribution in [0.3, 0.4) is 0 Å². The molecule has 1 atom stereocenters. The van der Waals surface area contributed by atoms with Crippen LogP contribution in [0.1, 0.15) is 49.8 Å². The normalized spacial score (nSPS) is 15.2. The first kappa shape index (κ1) is 21.8. The lowest BCUT2D eigenvalue weighted by atomic mass is 9.85. The lowest BCUT2D eigenvalue weighted by Crippen LogP contribution is -2.38. The van der Waals surface area contributed by atoms with Gasteiger partial charge in [-0.3, -0.25) is 4.79 Å². The van der Waals surface area contributed by atoms with E-state index in [-0.39, 0.29) is 11.8 Å². The van der Waals surface area contributed by atoms with Gasteiger partial charge in [0.2, 0.25) is 5.91 Å². The van der Waals surface area contributed by atoms with Crippen molar-refractivity contribution in [3.63, 3.8) is 0 Å². The summed E-state index contributed by atoms with van der Waals surface area (Å²) in [4.78, 5) is 16.8. The average molecular weight is 409 g/mol. The number of carbonyl (C=O) groups is 1. The van der Waals surface area contributed by atoms with Gasteiger partial charge >= 0.3 is 0 Å². The fraction of sp³-hybridized carbons (Fsp3) is 0.417. The number of hydrogen-bond donors (Lipinski definition) is 4.